The number of nitrogens with zero attached hydrogens (tertiary/aromatic N) is 4. The van der Waals surface area contributed by atoms with E-state index in [1.807, 2.05) is 0 Å². The summed E-state index contributed by atoms with van der Waals surface area (Å²) in [4.78, 5) is 13.7. The zero-order valence-electron chi connectivity index (χ0n) is 37.1. The summed E-state index contributed by atoms with van der Waals surface area (Å²) in [5.41, 5.74) is 0. The van der Waals surface area contributed by atoms with Crippen molar-refractivity contribution < 1.29 is 0 Å². The summed E-state index contributed by atoms with van der Waals surface area (Å²) in [7, 11) is 0. The van der Waals surface area contributed by atoms with E-state index in [9.17, 15) is 0 Å². The Bertz CT molecular complexity index is 1470. The maximum atomic E-state index is 3.48. The van der Waals surface area contributed by atoms with Crippen LogP contribution in [0.15, 0.2) is 12.2 Å². The Balaban J connectivity index is 0.811. The van der Waals surface area contributed by atoms with Crippen molar-refractivity contribution in [3.63, 3.8) is 0 Å². The fourth-order valence-electron chi connectivity index (χ4n) is 20.7. The third-order valence-corrected chi connectivity index (χ3v) is 22.4. The standard InChI is InChI=1S/C54H86N4/c1-3-15-35(16-4-1)55-47-23-11-7-19-39(47)43-31-33-45-41-21-9-13-25-49(41)57(53(45)51(43)55)37-27-29-38(30-28-37)58-50-26-14-10-22-42(50)46-34-32-44-40-20-8-12-24-48(40)56(52(44)54(46)58)36-17-5-2-6-18-36/h31,33,35-54H,1-30,32,34H2/t37?,38?,39?,40?,41?,42?,43?,44?,45?,46?,47?,48?,49?,50?,51?,52?,53?,54-/m1/s1. The summed E-state index contributed by atoms with van der Waals surface area (Å²) in [6, 6.07) is 10.6. The molecule has 4 heterocycles. The lowest BCUT2D eigenvalue weighted by Crippen LogP contribution is -2.62. The van der Waals surface area contributed by atoms with Crippen LogP contribution in [-0.4, -0.2) is 92.1 Å². The van der Waals surface area contributed by atoms with Crippen molar-refractivity contribution in [1.29, 1.82) is 0 Å². The second-order valence-electron chi connectivity index (χ2n) is 24.3. The molecule has 9 aliphatic carbocycles. The maximum Gasteiger partial charge on any atom is 0.0329 e. The van der Waals surface area contributed by atoms with Gasteiger partial charge in [-0.2, -0.15) is 0 Å². The summed E-state index contributed by atoms with van der Waals surface area (Å²) < 4.78 is 0. The van der Waals surface area contributed by atoms with Gasteiger partial charge in [-0.25, -0.2) is 0 Å². The normalized spacial score (nSPS) is 52.9. The van der Waals surface area contributed by atoms with Crippen LogP contribution in [0.4, 0.5) is 0 Å². The molecule has 0 aromatic heterocycles. The summed E-state index contributed by atoms with van der Waals surface area (Å²) >= 11 is 0. The van der Waals surface area contributed by atoms with Crippen molar-refractivity contribution in [2.45, 2.75) is 278 Å². The van der Waals surface area contributed by atoms with Gasteiger partial charge < -0.3 is 0 Å². The Hall–Kier alpha value is -0.420. The molecule has 0 spiro atoms. The lowest BCUT2D eigenvalue weighted by molar-refractivity contribution is -0.0354. The molecule has 12 fully saturated rings. The van der Waals surface area contributed by atoms with Gasteiger partial charge in [0.2, 0.25) is 0 Å². The van der Waals surface area contributed by atoms with Gasteiger partial charge in [0.05, 0.1) is 0 Å². The molecule has 8 saturated carbocycles. The minimum Gasteiger partial charge on any atom is -0.292 e. The van der Waals surface area contributed by atoms with Gasteiger partial charge in [-0.15, -0.1) is 0 Å². The predicted octanol–water partition coefficient (Wildman–Crippen LogP) is 11.8. The molecule has 58 heavy (non-hydrogen) atoms. The molecule has 0 aromatic rings. The number of likely N-dealkylation sites (tertiary alicyclic amines) is 4. The van der Waals surface area contributed by atoms with Gasteiger partial charge in [0.25, 0.3) is 0 Å². The van der Waals surface area contributed by atoms with Gasteiger partial charge >= 0.3 is 0 Å². The maximum absolute atomic E-state index is 3.48. The smallest absolute Gasteiger partial charge is 0.0329 e. The summed E-state index contributed by atoms with van der Waals surface area (Å²) in [6.07, 6.45) is 54.6. The molecule has 0 aromatic carbocycles. The first-order valence-electron chi connectivity index (χ1n) is 27.6. The van der Waals surface area contributed by atoms with E-state index in [1.165, 1.54) is 167 Å². The molecule has 0 N–H and O–H groups in total. The number of hydrogen-bond acceptors (Lipinski definition) is 4. The average molecular weight is 791 g/mol. The first-order chi connectivity index (χ1) is 28.8. The molecule has 0 bridgehead atoms. The average Bonchev–Trinajstić information content (AvgIpc) is 4.02. The van der Waals surface area contributed by atoms with Crippen LogP contribution in [0.2, 0.25) is 0 Å². The van der Waals surface area contributed by atoms with E-state index in [0.29, 0.717) is 0 Å². The second kappa shape index (κ2) is 15.7. The van der Waals surface area contributed by atoms with E-state index >= 15 is 0 Å². The van der Waals surface area contributed by atoms with E-state index in [1.54, 1.807) is 38.5 Å². The molecule has 322 valence electrons. The van der Waals surface area contributed by atoms with E-state index in [4.69, 9.17) is 0 Å². The van der Waals surface area contributed by atoms with E-state index in [0.717, 1.165) is 120 Å². The topological polar surface area (TPSA) is 13.0 Å². The Labute approximate surface area is 355 Å². The van der Waals surface area contributed by atoms with Crippen molar-refractivity contribution in [3.8, 4) is 0 Å². The summed E-state index contributed by atoms with van der Waals surface area (Å²) in [6.45, 7) is 0. The van der Waals surface area contributed by atoms with Crippen molar-refractivity contribution in [2.75, 3.05) is 0 Å². The molecule has 15 unspecified atom stereocenters. The van der Waals surface area contributed by atoms with Crippen LogP contribution in [0.5, 0.6) is 0 Å². The third-order valence-electron chi connectivity index (χ3n) is 22.4. The van der Waals surface area contributed by atoms with Crippen LogP contribution < -0.4 is 0 Å². The molecule has 0 radical (unpaired) electrons. The molecule has 4 aliphatic heterocycles. The summed E-state index contributed by atoms with van der Waals surface area (Å²) in [5.74, 6) is 7.69. The van der Waals surface area contributed by atoms with Crippen LogP contribution in [0.25, 0.3) is 0 Å². The van der Waals surface area contributed by atoms with Crippen molar-refractivity contribution in [3.05, 3.63) is 12.2 Å². The van der Waals surface area contributed by atoms with Crippen LogP contribution in [0, 0.1) is 47.3 Å². The van der Waals surface area contributed by atoms with E-state index in [-0.39, 0.29) is 0 Å². The molecule has 4 saturated heterocycles. The number of rotatable bonds is 4. The molecule has 13 rings (SSSR count). The molecular weight excluding hydrogens is 705 g/mol. The van der Waals surface area contributed by atoms with Crippen LogP contribution in [0.1, 0.15) is 205 Å². The van der Waals surface area contributed by atoms with Gasteiger partial charge in [-0.05, 0) is 163 Å². The second-order valence-corrected chi connectivity index (χ2v) is 24.3. The molecule has 4 heteroatoms. The highest BCUT2D eigenvalue weighted by Crippen LogP contribution is 2.61. The Kier molecular flexibility index (Phi) is 10.3. The fourth-order valence-corrected chi connectivity index (χ4v) is 20.7. The van der Waals surface area contributed by atoms with Gasteiger partial charge in [-0.3, -0.25) is 19.6 Å². The lowest BCUT2D eigenvalue weighted by atomic mass is 9.66. The first-order valence-corrected chi connectivity index (χ1v) is 27.6. The third kappa shape index (κ3) is 5.90. The molecule has 0 amide bonds. The fraction of sp³-hybridized carbons (Fsp3) is 0.963. The highest BCUT2D eigenvalue weighted by atomic mass is 15.4. The van der Waals surface area contributed by atoms with Crippen molar-refractivity contribution in [1.82, 2.24) is 19.6 Å². The van der Waals surface area contributed by atoms with Crippen LogP contribution in [0.3, 0.4) is 0 Å². The Morgan fingerprint density at radius 1 is 0.224 bits per heavy atom. The minimum atomic E-state index is 0.820. The summed E-state index contributed by atoms with van der Waals surface area (Å²) in [5, 5.41) is 0. The predicted molar refractivity (Wildman–Crippen MR) is 238 cm³/mol. The molecular formula is C54H86N4. The van der Waals surface area contributed by atoms with Gasteiger partial charge in [0.15, 0.2) is 0 Å². The highest BCUT2D eigenvalue weighted by molar-refractivity contribution is 5.25. The van der Waals surface area contributed by atoms with Gasteiger partial charge in [-0.1, -0.05) is 102 Å². The van der Waals surface area contributed by atoms with Gasteiger partial charge in [0, 0.05) is 72.5 Å². The van der Waals surface area contributed by atoms with E-state index < -0.39 is 0 Å². The van der Waals surface area contributed by atoms with Gasteiger partial charge in [0.1, 0.15) is 0 Å². The lowest BCUT2D eigenvalue weighted by Gasteiger charge is -2.53. The van der Waals surface area contributed by atoms with E-state index in [2.05, 4.69) is 31.8 Å². The number of fused-ring (bicyclic) bond motifs is 14. The number of hydrogen-bond donors (Lipinski definition) is 0. The minimum absolute atomic E-state index is 0.820. The quantitative estimate of drug-likeness (QED) is 0.263. The Morgan fingerprint density at radius 2 is 0.517 bits per heavy atom. The zero-order valence-corrected chi connectivity index (χ0v) is 37.1. The Morgan fingerprint density at radius 3 is 0.914 bits per heavy atom. The molecule has 16 atom stereocenters. The monoisotopic (exact) mass is 791 g/mol. The largest absolute Gasteiger partial charge is 0.292 e. The van der Waals surface area contributed by atoms with Crippen LogP contribution in [-0.2, 0) is 0 Å². The zero-order chi connectivity index (χ0) is 37.9. The molecule has 13 aliphatic rings. The highest BCUT2D eigenvalue weighted by Gasteiger charge is 2.65. The SMILES string of the molecule is C1=CC2C3CCCCC3N(C3CCC(N4C5CCCCC5C5CCC6C7CCCCC7N(C7CCCCC7)C6[C@@H]54)CC3)C2C2C1C1CCCCC1N2C1CCCCC1. The first kappa shape index (κ1) is 38.1. The molecule has 4 nitrogen and oxygen atoms in total. The van der Waals surface area contributed by atoms with Crippen LogP contribution >= 0.6 is 0 Å². The van der Waals surface area contributed by atoms with Crippen molar-refractivity contribution in [2.24, 2.45) is 47.3 Å². The van der Waals surface area contributed by atoms with Crippen molar-refractivity contribution >= 4 is 0 Å².